The maximum absolute atomic E-state index is 13.2. The highest BCUT2D eigenvalue weighted by molar-refractivity contribution is 6.07. The van der Waals surface area contributed by atoms with E-state index in [9.17, 15) is 14.7 Å². The lowest BCUT2D eigenvalue weighted by Gasteiger charge is -2.42. The summed E-state index contributed by atoms with van der Waals surface area (Å²) in [5, 5.41) is 9.42. The van der Waals surface area contributed by atoms with E-state index in [4.69, 9.17) is 4.74 Å². The van der Waals surface area contributed by atoms with E-state index in [1.54, 1.807) is 24.1 Å². The number of imide groups is 1. The van der Waals surface area contributed by atoms with Gasteiger partial charge in [-0.2, -0.15) is 0 Å². The molecule has 0 radical (unpaired) electrons. The molecule has 7 nitrogen and oxygen atoms in total. The molecule has 1 spiro atoms. The molecular weight excluding hydrogens is 346 g/mol. The van der Waals surface area contributed by atoms with Crippen molar-refractivity contribution in [3.05, 3.63) is 29.8 Å². The predicted octanol–water partition coefficient (Wildman–Crippen LogP) is 2.05. The number of phenols is 1. The van der Waals surface area contributed by atoms with Crippen molar-refractivity contribution in [3.63, 3.8) is 0 Å². The van der Waals surface area contributed by atoms with Crippen molar-refractivity contribution in [3.8, 4) is 5.75 Å². The first kappa shape index (κ1) is 19.6. The summed E-state index contributed by atoms with van der Waals surface area (Å²) in [5.74, 6) is 0.192. The number of phenolic OH excluding ortho intramolecular Hbond substituents is 1. The molecular formula is C20H29N3O4. The first-order valence-corrected chi connectivity index (χ1v) is 9.53. The topological polar surface area (TPSA) is 73.3 Å². The van der Waals surface area contributed by atoms with Gasteiger partial charge in [0, 0.05) is 39.3 Å². The third-order valence-electron chi connectivity index (χ3n) is 5.63. The minimum absolute atomic E-state index is 0.0668. The number of hydrogen-bond acceptors (Lipinski definition) is 5. The Labute approximate surface area is 160 Å². The van der Waals surface area contributed by atoms with Crippen molar-refractivity contribution in [1.29, 1.82) is 0 Å². The quantitative estimate of drug-likeness (QED) is 0.771. The second kappa shape index (κ2) is 7.86. The Morgan fingerprint density at radius 2 is 1.78 bits per heavy atom. The van der Waals surface area contributed by atoms with Crippen LogP contribution in [0.5, 0.6) is 5.75 Å². The SMILES string of the molecule is COCCN1C(=O)N(C(C)C)C(=O)C12CCN(Cc1ccc(O)cc1)CC2. The van der Waals surface area contributed by atoms with E-state index in [1.807, 2.05) is 26.0 Å². The molecule has 1 aromatic carbocycles. The Hall–Kier alpha value is -2.12. The number of methoxy groups -OCH3 is 1. The van der Waals surface area contributed by atoms with Crippen LogP contribution in [-0.2, 0) is 16.1 Å². The van der Waals surface area contributed by atoms with Crippen LogP contribution in [0.15, 0.2) is 24.3 Å². The number of carbonyl (C=O) groups is 2. The van der Waals surface area contributed by atoms with E-state index in [0.717, 1.165) is 25.2 Å². The molecule has 2 aliphatic rings. The third-order valence-corrected chi connectivity index (χ3v) is 5.63. The van der Waals surface area contributed by atoms with Crippen LogP contribution in [0.4, 0.5) is 4.79 Å². The normalized spacial score (nSPS) is 20.3. The lowest BCUT2D eigenvalue weighted by molar-refractivity contribution is -0.136. The van der Waals surface area contributed by atoms with Gasteiger partial charge in [0.1, 0.15) is 11.3 Å². The largest absolute Gasteiger partial charge is 0.508 e. The van der Waals surface area contributed by atoms with Crippen LogP contribution in [0.25, 0.3) is 0 Å². The van der Waals surface area contributed by atoms with Crippen molar-refractivity contribution in [2.24, 2.45) is 0 Å². The van der Waals surface area contributed by atoms with Crippen molar-refractivity contribution in [2.45, 2.75) is 44.8 Å². The van der Waals surface area contributed by atoms with E-state index in [2.05, 4.69) is 4.90 Å². The zero-order valence-corrected chi connectivity index (χ0v) is 16.4. The van der Waals surface area contributed by atoms with Gasteiger partial charge in [-0.25, -0.2) is 4.79 Å². The summed E-state index contributed by atoms with van der Waals surface area (Å²) in [6, 6.07) is 6.85. The molecule has 27 heavy (non-hydrogen) atoms. The molecule has 1 N–H and O–H groups in total. The minimum Gasteiger partial charge on any atom is -0.508 e. The summed E-state index contributed by atoms with van der Waals surface area (Å²) in [7, 11) is 1.61. The Kier molecular flexibility index (Phi) is 5.72. The Morgan fingerprint density at radius 1 is 1.15 bits per heavy atom. The van der Waals surface area contributed by atoms with Crippen molar-refractivity contribution < 1.29 is 19.4 Å². The van der Waals surface area contributed by atoms with Crippen LogP contribution in [0.3, 0.4) is 0 Å². The maximum atomic E-state index is 13.2. The molecule has 0 unspecified atom stereocenters. The number of rotatable bonds is 6. The molecule has 1 aromatic rings. The minimum atomic E-state index is -0.745. The highest BCUT2D eigenvalue weighted by Crippen LogP contribution is 2.38. The second-order valence-corrected chi connectivity index (χ2v) is 7.67. The molecule has 0 saturated carbocycles. The molecule has 0 bridgehead atoms. The van der Waals surface area contributed by atoms with Gasteiger partial charge in [0.25, 0.3) is 5.91 Å². The third kappa shape index (κ3) is 3.66. The summed E-state index contributed by atoms with van der Waals surface area (Å²) in [6.45, 7) is 6.87. The zero-order valence-electron chi connectivity index (χ0n) is 16.4. The van der Waals surface area contributed by atoms with Crippen molar-refractivity contribution in [1.82, 2.24) is 14.7 Å². The first-order valence-electron chi connectivity index (χ1n) is 9.53. The summed E-state index contributed by atoms with van der Waals surface area (Å²) in [4.78, 5) is 31.5. The Bertz CT molecular complexity index is 681. The van der Waals surface area contributed by atoms with Crippen LogP contribution in [0, 0.1) is 0 Å². The van der Waals surface area contributed by atoms with Gasteiger partial charge >= 0.3 is 6.03 Å². The average molecular weight is 375 g/mol. The monoisotopic (exact) mass is 375 g/mol. The lowest BCUT2D eigenvalue weighted by atomic mass is 9.85. The molecule has 2 aliphatic heterocycles. The van der Waals surface area contributed by atoms with E-state index >= 15 is 0 Å². The predicted molar refractivity (Wildman–Crippen MR) is 101 cm³/mol. The fourth-order valence-corrected chi connectivity index (χ4v) is 4.11. The van der Waals surface area contributed by atoms with Crippen LogP contribution in [-0.4, -0.2) is 76.7 Å². The van der Waals surface area contributed by atoms with Gasteiger partial charge in [-0.1, -0.05) is 12.1 Å². The smallest absolute Gasteiger partial charge is 0.327 e. The highest BCUT2D eigenvalue weighted by atomic mass is 16.5. The molecule has 0 aliphatic carbocycles. The molecule has 2 heterocycles. The van der Waals surface area contributed by atoms with Gasteiger partial charge in [0.2, 0.25) is 0 Å². The Balaban J connectivity index is 1.73. The fraction of sp³-hybridized carbons (Fsp3) is 0.600. The summed E-state index contributed by atoms with van der Waals surface area (Å²) >= 11 is 0. The van der Waals surface area contributed by atoms with Gasteiger partial charge in [0.05, 0.1) is 6.61 Å². The number of ether oxygens (including phenoxy) is 1. The second-order valence-electron chi connectivity index (χ2n) is 7.67. The Morgan fingerprint density at radius 3 is 2.33 bits per heavy atom. The number of urea groups is 1. The van der Waals surface area contributed by atoms with Crippen LogP contribution in [0.1, 0.15) is 32.3 Å². The van der Waals surface area contributed by atoms with Gasteiger partial charge in [0.15, 0.2) is 0 Å². The number of piperidine rings is 1. The summed E-state index contributed by atoms with van der Waals surface area (Å²) in [6.07, 6.45) is 1.26. The zero-order chi connectivity index (χ0) is 19.6. The van der Waals surface area contributed by atoms with Gasteiger partial charge in [-0.15, -0.1) is 0 Å². The fourth-order valence-electron chi connectivity index (χ4n) is 4.11. The van der Waals surface area contributed by atoms with E-state index in [1.165, 1.54) is 4.90 Å². The average Bonchev–Trinajstić information content (AvgIpc) is 2.84. The van der Waals surface area contributed by atoms with E-state index in [0.29, 0.717) is 26.0 Å². The van der Waals surface area contributed by atoms with Gasteiger partial charge < -0.3 is 14.7 Å². The number of carbonyl (C=O) groups excluding carboxylic acids is 2. The molecule has 0 atom stereocenters. The molecule has 2 fully saturated rings. The maximum Gasteiger partial charge on any atom is 0.327 e. The number of likely N-dealkylation sites (tertiary alicyclic amines) is 1. The van der Waals surface area contributed by atoms with Crippen molar-refractivity contribution in [2.75, 3.05) is 33.4 Å². The number of hydrogen-bond donors (Lipinski definition) is 1. The van der Waals surface area contributed by atoms with E-state index < -0.39 is 5.54 Å². The summed E-state index contributed by atoms with van der Waals surface area (Å²) < 4.78 is 5.17. The molecule has 7 heteroatoms. The summed E-state index contributed by atoms with van der Waals surface area (Å²) in [5.41, 5.74) is 0.378. The number of amides is 3. The number of benzene rings is 1. The standard InChI is InChI=1S/C20H29N3O4/c1-15(2)23-18(25)20(22(19(23)26)12-13-27-3)8-10-21(11-9-20)14-16-4-6-17(24)7-5-16/h4-7,15,24H,8-14H2,1-3H3. The number of nitrogens with zero attached hydrogens (tertiary/aromatic N) is 3. The molecule has 3 amide bonds. The first-order chi connectivity index (χ1) is 12.9. The van der Waals surface area contributed by atoms with Crippen LogP contribution < -0.4 is 0 Å². The molecule has 148 valence electrons. The van der Waals surface area contributed by atoms with Gasteiger partial charge in [-0.3, -0.25) is 14.6 Å². The molecule has 0 aromatic heterocycles. The van der Waals surface area contributed by atoms with Crippen LogP contribution in [0.2, 0.25) is 0 Å². The lowest BCUT2D eigenvalue weighted by Crippen LogP contribution is -2.57. The van der Waals surface area contributed by atoms with Crippen molar-refractivity contribution >= 4 is 11.9 Å². The van der Waals surface area contributed by atoms with E-state index in [-0.39, 0.29) is 23.7 Å². The molecule has 2 saturated heterocycles. The molecule has 3 rings (SSSR count). The van der Waals surface area contributed by atoms with Gasteiger partial charge in [-0.05, 0) is 44.4 Å². The highest BCUT2D eigenvalue weighted by Gasteiger charge is 2.58. The number of aromatic hydroxyl groups is 1. The van der Waals surface area contributed by atoms with Crippen LogP contribution >= 0.6 is 0 Å².